The molecule has 1 amide bonds. The molecule has 1 aliphatic rings. The van der Waals surface area contributed by atoms with E-state index in [1.165, 1.54) is 0 Å². The Morgan fingerprint density at radius 1 is 1.40 bits per heavy atom. The summed E-state index contributed by atoms with van der Waals surface area (Å²) in [5, 5.41) is 9.12. The molecule has 2 atom stereocenters. The SMILES string of the molecule is C[C@@H]1CN(C(=O)c2ccnc(N(C)C)c2)C[C@H]1C(=O)O. The molecule has 1 aromatic heterocycles. The van der Waals surface area contributed by atoms with Gasteiger partial charge in [-0.2, -0.15) is 0 Å². The molecule has 0 aliphatic carbocycles. The average Bonchev–Trinajstić information content (AvgIpc) is 2.80. The molecule has 1 saturated heterocycles. The number of hydrogen-bond donors (Lipinski definition) is 1. The molecule has 0 bridgehead atoms. The standard InChI is InChI=1S/C14H19N3O3/c1-9-7-17(8-11(9)14(19)20)13(18)10-4-5-15-12(6-10)16(2)3/h4-6,9,11H,7-8H2,1-3H3,(H,19,20)/t9-,11-/m1/s1. The molecule has 0 spiro atoms. The smallest absolute Gasteiger partial charge is 0.308 e. The Morgan fingerprint density at radius 3 is 2.65 bits per heavy atom. The van der Waals surface area contributed by atoms with Crippen LogP contribution in [0.3, 0.4) is 0 Å². The van der Waals surface area contributed by atoms with Gasteiger partial charge < -0.3 is 14.9 Å². The first-order valence-electron chi connectivity index (χ1n) is 6.55. The zero-order valence-corrected chi connectivity index (χ0v) is 11.9. The number of aromatic nitrogens is 1. The molecule has 0 radical (unpaired) electrons. The van der Waals surface area contributed by atoms with Gasteiger partial charge in [-0.25, -0.2) is 4.98 Å². The quantitative estimate of drug-likeness (QED) is 0.890. The molecule has 1 fully saturated rings. The molecule has 1 aromatic rings. The number of anilines is 1. The summed E-state index contributed by atoms with van der Waals surface area (Å²) in [6.07, 6.45) is 1.59. The van der Waals surface area contributed by atoms with Gasteiger partial charge in [-0.15, -0.1) is 0 Å². The molecule has 2 rings (SSSR count). The molecule has 6 heteroatoms. The number of nitrogens with zero attached hydrogens (tertiary/aromatic N) is 3. The fraction of sp³-hybridized carbons (Fsp3) is 0.500. The summed E-state index contributed by atoms with van der Waals surface area (Å²) in [5.74, 6) is -0.763. The number of carbonyl (C=O) groups excluding carboxylic acids is 1. The maximum absolute atomic E-state index is 12.4. The molecule has 6 nitrogen and oxygen atoms in total. The Morgan fingerprint density at radius 2 is 2.10 bits per heavy atom. The van der Waals surface area contributed by atoms with Crippen LogP contribution in [0.25, 0.3) is 0 Å². The molecule has 20 heavy (non-hydrogen) atoms. The number of hydrogen-bond acceptors (Lipinski definition) is 4. The summed E-state index contributed by atoms with van der Waals surface area (Å²) in [6.45, 7) is 2.62. The highest BCUT2D eigenvalue weighted by Gasteiger charge is 2.37. The minimum Gasteiger partial charge on any atom is -0.481 e. The topological polar surface area (TPSA) is 73.7 Å². The van der Waals surface area contributed by atoms with Crippen molar-refractivity contribution < 1.29 is 14.7 Å². The number of pyridine rings is 1. The van der Waals surface area contributed by atoms with Gasteiger partial charge >= 0.3 is 5.97 Å². The van der Waals surface area contributed by atoms with E-state index in [2.05, 4.69) is 4.98 Å². The highest BCUT2D eigenvalue weighted by atomic mass is 16.4. The van der Waals surface area contributed by atoms with Gasteiger partial charge in [0.1, 0.15) is 5.82 Å². The van der Waals surface area contributed by atoms with Gasteiger partial charge in [0.25, 0.3) is 5.91 Å². The van der Waals surface area contributed by atoms with E-state index < -0.39 is 11.9 Å². The van der Waals surface area contributed by atoms with Gasteiger partial charge in [0.05, 0.1) is 5.92 Å². The number of aliphatic carboxylic acids is 1. The number of carboxylic acid groups (broad SMARTS) is 1. The van der Waals surface area contributed by atoms with Gasteiger partial charge in [-0.05, 0) is 18.1 Å². The lowest BCUT2D eigenvalue weighted by molar-refractivity contribution is -0.142. The van der Waals surface area contributed by atoms with Crippen molar-refractivity contribution in [2.75, 3.05) is 32.1 Å². The van der Waals surface area contributed by atoms with Crippen LogP contribution in [0, 0.1) is 11.8 Å². The highest BCUT2D eigenvalue weighted by molar-refractivity contribution is 5.95. The molecule has 1 aliphatic heterocycles. The van der Waals surface area contributed by atoms with E-state index in [9.17, 15) is 9.59 Å². The van der Waals surface area contributed by atoms with Crippen molar-refractivity contribution in [2.24, 2.45) is 11.8 Å². The first-order chi connectivity index (χ1) is 9.40. The van der Waals surface area contributed by atoms with Crippen molar-refractivity contribution in [1.82, 2.24) is 9.88 Å². The van der Waals surface area contributed by atoms with Gasteiger partial charge in [0.2, 0.25) is 0 Å². The van der Waals surface area contributed by atoms with E-state index in [1.54, 1.807) is 23.2 Å². The molecule has 1 N–H and O–H groups in total. The van der Waals surface area contributed by atoms with Crippen molar-refractivity contribution in [2.45, 2.75) is 6.92 Å². The van der Waals surface area contributed by atoms with Crippen molar-refractivity contribution in [3.63, 3.8) is 0 Å². The van der Waals surface area contributed by atoms with Gasteiger partial charge in [-0.1, -0.05) is 6.92 Å². The molecule has 0 saturated carbocycles. The Labute approximate surface area is 118 Å². The van der Waals surface area contributed by atoms with Crippen molar-refractivity contribution in [3.05, 3.63) is 23.9 Å². The molecule has 0 unspecified atom stereocenters. The monoisotopic (exact) mass is 277 g/mol. The number of carbonyl (C=O) groups is 2. The summed E-state index contributed by atoms with van der Waals surface area (Å²) in [6, 6.07) is 3.38. The van der Waals surface area contributed by atoms with Crippen LogP contribution in [0.4, 0.5) is 5.82 Å². The molecule has 2 heterocycles. The first-order valence-corrected chi connectivity index (χ1v) is 6.55. The average molecular weight is 277 g/mol. The Balaban J connectivity index is 2.16. The van der Waals surface area contributed by atoms with Crippen LogP contribution in [0.5, 0.6) is 0 Å². The number of carboxylic acids is 1. The van der Waals surface area contributed by atoms with E-state index >= 15 is 0 Å². The van der Waals surface area contributed by atoms with Gasteiger partial charge in [0, 0.05) is 38.9 Å². The third kappa shape index (κ3) is 2.74. The lowest BCUT2D eigenvalue weighted by Gasteiger charge is -2.17. The molecular formula is C14H19N3O3. The lowest BCUT2D eigenvalue weighted by atomic mass is 9.99. The summed E-state index contributed by atoms with van der Waals surface area (Å²) in [5.41, 5.74) is 0.543. The Hall–Kier alpha value is -2.11. The van der Waals surface area contributed by atoms with Crippen LogP contribution in [0.15, 0.2) is 18.3 Å². The Bertz CT molecular complexity index is 530. The maximum atomic E-state index is 12.4. The second kappa shape index (κ2) is 5.48. The van der Waals surface area contributed by atoms with Crippen molar-refractivity contribution >= 4 is 17.7 Å². The van der Waals surface area contributed by atoms with Crippen LogP contribution in [-0.4, -0.2) is 54.1 Å². The van der Waals surface area contributed by atoms with Gasteiger partial charge in [-0.3, -0.25) is 9.59 Å². The van der Waals surface area contributed by atoms with Crippen LogP contribution in [-0.2, 0) is 4.79 Å². The maximum Gasteiger partial charge on any atom is 0.308 e. The summed E-state index contributed by atoms with van der Waals surface area (Å²) < 4.78 is 0. The zero-order chi connectivity index (χ0) is 14.9. The van der Waals surface area contributed by atoms with Crippen molar-refractivity contribution in [1.29, 1.82) is 0 Å². The number of amides is 1. The fourth-order valence-corrected chi connectivity index (χ4v) is 2.43. The number of likely N-dealkylation sites (tertiary alicyclic amines) is 1. The van der Waals surface area contributed by atoms with Gasteiger partial charge in [0.15, 0.2) is 0 Å². The predicted molar refractivity (Wildman–Crippen MR) is 74.8 cm³/mol. The van der Waals surface area contributed by atoms with E-state index in [1.807, 2.05) is 25.9 Å². The third-order valence-electron chi connectivity index (χ3n) is 3.67. The van der Waals surface area contributed by atoms with Crippen LogP contribution in [0.1, 0.15) is 17.3 Å². The van der Waals surface area contributed by atoms with Crippen molar-refractivity contribution in [3.8, 4) is 0 Å². The highest BCUT2D eigenvalue weighted by Crippen LogP contribution is 2.25. The minimum atomic E-state index is -0.837. The summed E-state index contributed by atoms with van der Waals surface area (Å²) in [4.78, 5) is 31.1. The first kappa shape index (κ1) is 14.3. The van der Waals surface area contributed by atoms with Crippen LogP contribution in [0.2, 0.25) is 0 Å². The van der Waals surface area contributed by atoms with Crippen LogP contribution < -0.4 is 4.90 Å². The predicted octanol–water partition coefficient (Wildman–Crippen LogP) is 0.940. The van der Waals surface area contributed by atoms with E-state index in [4.69, 9.17) is 5.11 Å². The third-order valence-corrected chi connectivity index (χ3v) is 3.67. The second-order valence-electron chi connectivity index (χ2n) is 5.43. The van der Waals surface area contributed by atoms with Crippen LogP contribution >= 0.6 is 0 Å². The minimum absolute atomic E-state index is 0.0217. The number of rotatable bonds is 3. The van der Waals surface area contributed by atoms with E-state index in [0.717, 1.165) is 0 Å². The fourth-order valence-electron chi connectivity index (χ4n) is 2.43. The largest absolute Gasteiger partial charge is 0.481 e. The Kier molecular flexibility index (Phi) is 3.92. The van der Waals surface area contributed by atoms with E-state index in [-0.39, 0.29) is 18.4 Å². The summed E-state index contributed by atoms with van der Waals surface area (Å²) in [7, 11) is 3.71. The second-order valence-corrected chi connectivity index (χ2v) is 5.43. The van der Waals surface area contributed by atoms with E-state index in [0.29, 0.717) is 17.9 Å². The molecule has 0 aromatic carbocycles. The normalized spacial score (nSPS) is 21.9. The molecular weight excluding hydrogens is 258 g/mol. The molecule has 108 valence electrons. The zero-order valence-electron chi connectivity index (χ0n) is 11.9. The summed E-state index contributed by atoms with van der Waals surface area (Å²) >= 11 is 0. The lowest BCUT2D eigenvalue weighted by Crippen LogP contribution is -2.30.